The highest BCUT2D eigenvalue weighted by molar-refractivity contribution is 5.81. The number of esters is 1. The molecule has 3 nitrogen and oxygen atoms in total. The van der Waals surface area contributed by atoms with Gasteiger partial charge >= 0.3 is 5.97 Å². The van der Waals surface area contributed by atoms with Crippen LogP contribution in [-0.4, -0.2) is 25.7 Å². The molecule has 0 aromatic rings. The van der Waals surface area contributed by atoms with Crippen LogP contribution in [0, 0.1) is 5.92 Å². The molecule has 1 fully saturated rings. The molecule has 0 aromatic heterocycles. The molecule has 0 aromatic carbocycles. The highest BCUT2D eigenvalue weighted by atomic mass is 16.5. The highest BCUT2D eigenvalue weighted by Gasteiger charge is 2.10. The summed E-state index contributed by atoms with van der Waals surface area (Å²) in [6.07, 6.45) is 6.07. The fourth-order valence-corrected chi connectivity index (χ4v) is 1.25. The summed E-state index contributed by atoms with van der Waals surface area (Å²) in [4.78, 5) is 11.0. The molecule has 0 amide bonds. The quantitative estimate of drug-likeness (QED) is 0.397. The van der Waals surface area contributed by atoms with E-state index in [2.05, 4.69) is 11.9 Å². The van der Waals surface area contributed by atoms with Crippen LogP contribution >= 0.6 is 0 Å². The molecule has 1 rings (SSSR count). The molecule has 1 saturated heterocycles. The Morgan fingerprint density at radius 3 is 3.15 bits per heavy atom. The number of ether oxygens (including phenoxy) is 1. The molecule has 1 aliphatic rings. The molecular weight excluding hydrogens is 166 g/mol. The molecule has 1 N–H and O–H groups in total. The lowest BCUT2D eigenvalue weighted by Crippen LogP contribution is -2.08. The average Bonchev–Trinajstić information content (AvgIpc) is 2.64. The minimum atomic E-state index is -0.285. The first kappa shape index (κ1) is 9.99. The number of rotatable bonds is 4. The molecule has 0 aliphatic carbocycles. The predicted octanol–water partition coefficient (Wildman–Crippen LogP) is 0.881. The normalized spacial score (nSPS) is 22.0. The van der Waals surface area contributed by atoms with Gasteiger partial charge in [-0.2, -0.15) is 0 Å². The first-order valence-electron chi connectivity index (χ1n) is 4.49. The van der Waals surface area contributed by atoms with Crippen molar-refractivity contribution in [3.63, 3.8) is 0 Å². The van der Waals surface area contributed by atoms with Gasteiger partial charge < -0.3 is 10.1 Å². The van der Waals surface area contributed by atoms with Crippen molar-refractivity contribution in [2.24, 2.45) is 5.92 Å². The topological polar surface area (TPSA) is 38.3 Å². The second-order valence-electron chi connectivity index (χ2n) is 3.03. The Hall–Kier alpha value is -1.09. The molecule has 0 bridgehead atoms. The zero-order valence-corrected chi connectivity index (χ0v) is 7.66. The summed E-state index contributed by atoms with van der Waals surface area (Å²) >= 11 is 0. The smallest absolute Gasteiger partial charge is 0.330 e. The van der Waals surface area contributed by atoms with E-state index in [1.807, 2.05) is 6.08 Å². The summed E-state index contributed by atoms with van der Waals surface area (Å²) in [5.74, 6) is 0.197. The van der Waals surface area contributed by atoms with Gasteiger partial charge in [0.1, 0.15) is 6.61 Å². The Kier molecular flexibility index (Phi) is 4.26. The van der Waals surface area contributed by atoms with E-state index in [1.54, 1.807) is 6.08 Å². The van der Waals surface area contributed by atoms with E-state index in [-0.39, 0.29) is 12.6 Å². The molecule has 13 heavy (non-hydrogen) atoms. The molecule has 0 saturated carbocycles. The van der Waals surface area contributed by atoms with Crippen molar-refractivity contribution in [1.29, 1.82) is 0 Å². The Labute approximate surface area is 78.5 Å². The molecule has 1 unspecified atom stereocenters. The third-order valence-corrected chi connectivity index (χ3v) is 1.95. The maximum Gasteiger partial charge on any atom is 0.330 e. The number of hydrogen-bond acceptors (Lipinski definition) is 3. The van der Waals surface area contributed by atoms with Gasteiger partial charge in [-0.15, -0.1) is 0 Å². The molecular formula is C10H15NO2. The SMILES string of the molecule is C=CCOC(=O)C=CC1CCNC1. The van der Waals surface area contributed by atoms with Gasteiger partial charge in [-0.1, -0.05) is 18.7 Å². The fourth-order valence-electron chi connectivity index (χ4n) is 1.25. The van der Waals surface area contributed by atoms with Crippen molar-refractivity contribution in [2.75, 3.05) is 19.7 Å². The van der Waals surface area contributed by atoms with Crippen LogP contribution in [0.1, 0.15) is 6.42 Å². The van der Waals surface area contributed by atoms with Gasteiger partial charge in [0.05, 0.1) is 0 Å². The summed E-state index contributed by atoms with van der Waals surface area (Å²) < 4.78 is 4.79. The zero-order chi connectivity index (χ0) is 9.52. The van der Waals surface area contributed by atoms with Gasteiger partial charge in [0.15, 0.2) is 0 Å². The number of carbonyl (C=O) groups excluding carboxylic acids is 1. The van der Waals surface area contributed by atoms with Gasteiger partial charge in [-0.05, 0) is 18.9 Å². The molecule has 0 radical (unpaired) electrons. The Balaban J connectivity index is 2.21. The van der Waals surface area contributed by atoms with E-state index in [4.69, 9.17) is 4.74 Å². The largest absolute Gasteiger partial charge is 0.458 e. The van der Waals surface area contributed by atoms with Crippen LogP contribution in [0.25, 0.3) is 0 Å². The molecule has 1 heterocycles. The van der Waals surface area contributed by atoms with Crippen LogP contribution in [0.5, 0.6) is 0 Å². The maximum atomic E-state index is 11.0. The third kappa shape index (κ3) is 3.90. The van der Waals surface area contributed by atoms with E-state index in [0.29, 0.717) is 5.92 Å². The lowest BCUT2D eigenvalue weighted by atomic mass is 10.1. The molecule has 1 aliphatic heterocycles. The van der Waals surface area contributed by atoms with Crippen molar-refractivity contribution < 1.29 is 9.53 Å². The van der Waals surface area contributed by atoms with Crippen LogP contribution in [0.4, 0.5) is 0 Å². The van der Waals surface area contributed by atoms with E-state index in [9.17, 15) is 4.79 Å². The first-order chi connectivity index (χ1) is 6.33. The summed E-state index contributed by atoms with van der Waals surface area (Å²) in [5.41, 5.74) is 0. The average molecular weight is 181 g/mol. The van der Waals surface area contributed by atoms with Gasteiger partial charge in [0.25, 0.3) is 0 Å². The van der Waals surface area contributed by atoms with Crippen LogP contribution in [0.2, 0.25) is 0 Å². The Morgan fingerprint density at radius 2 is 2.54 bits per heavy atom. The monoisotopic (exact) mass is 181 g/mol. The van der Waals surface area contributed by atoms with Crippen molar-refractivity contribution >= 4 is 5.97 Å². The second kappa shape index (κ2) is 5.54. The van der Waals surface area contributed by atoms with Crippen molar-refractivity contribution in [2.45, 2.75) is 6.42 Å². The lowest BCUT2D eigenvalue weighted by molar-refractivity contribution is -0.136. The van der Waals surface area contributed by atoms with E-state index in [1.165, 1.54) is 6.08 Å². The van der Waals surface area contributed by atoms with E-state index >= 15 is 0 Å². The minimum absolute atomic E-state index is 0.284. The highest BCUT2D eigenvalue weighted by Crippen LogP contribution is 2.08. The minimum Gasteiger partial charge on any atom is -0.458 e. The van der Waals surface area contributed by atoms with Gasteiger partial charge in [0, 0.05) is 12.6 Å². The number of hydrogen-bond donors (Lipinski definition) is 1. The van der Waals surface area contributed by atoms with E-state index < -0.39 is 0 Å². The second-order valence-corrected chi connectivity index (χ2v) is 3.03. The maximum absolute atomic E-state index is 11.0. The Morgan fingerprint density at radius 1 is 1.69 bits per heavy atom. The lowest BCUT2D eigenvalue weighted by Gasteiger charge is -1.99. The molecule has 72 valence electrons. The van der Waals surface area contributed by atoms with Gasteiger partial charge in [-0.25, -0.2) is 4.79 Å². The van der Waals surface area contributed by atoms with Gasteiger partial charge in [-0.3, -0.25) is 0 Å². The summed E-state index contributed by atoms with van der Waals surface area (Å²) in [6, 6.07) is 0. The predicted molar refractivity (Wildman–Crippen MR) is 51.3 cm³/mol. The standard InChI is InChI=1S/C10H15NO2/c1-2-7-13-10(12)4-3-9-5-6-11-8-9/h2-4,9,11H,1,5-8H2. The summed E-state index contributed by atoms with van der Waals surface area (Å²) in [7, 11) is 0. The molecule has 3 heteroatoms. The van der Waals surface area contributed by atoms with Crippen LogP contribution in [0.15, 0.2) is 24.8 Å². The summed E-state index contributed by atoms with van der Waals surface area (Å²) in [5, 5.41) is 3.22. The number of nitrogens with one attached hydrogen (secondary N) is 1. The van der Waals surface area contributed by atoms with Crippen molar-refractivity contribution in [1.82, 2.24) is 5.32 Å². The zero-order valence-electron chi connectivity index (χ0n) is 7.66. The van der Waals surface area contributed by atoms with Gasteiger partial charge in [0.2, 0.25) is 0 Å². The first-order valence-corrected chi connectivity index (χ1v) is 4.49. The van der Waals surface area contributed by atoms with Crippen molar-refractivity contribution in [3.8, 4) is 0 Å². The van der Waals surface area contributed by atoms with E-state index in [0.717, 1.165) is 19.5 Å². The van der Waals surface area contributed by atoms with Crippen molar-refractivity contribution in [3.05, 3.63) is 24.8 Å². The Bertz CT molecular complexity index is 205. The fraction of sp³-hybridized carbons (Fsp3) is 0.500. The number of carbonyl (C=O) groups is 1. The third-order valence-electron chi connectivity index (χ3n) is 1.95. The van der Waals surface area contributed by atoms with Crippen LogP contribution in [-0.2, 0) is 9.53 Å². The summed E-state index contributed by atoms with van der Waals surface area (Å²) in [6.45, 7) is 5.74. The molecule has 1 atom stereocenters. The molecule has 0 spiro atoms. The van der Waals surface area contributed by atoms with Crippen LogP contribution in [0.3, 0.4) is 0 Å². The van der Waals surface area contributed by atoms with Crippen LogP contribution < -0.4 is 5.32 Å².